The zero-order valence-electron chi connectivity index (χ0n) is 14.9. The number of methoxy groups -OCH3 is 1. The first-order chi connectivity index (χ1) is 13.2. The summed E-state index contributed by atoms with van der Waals surface area (Å²) < 4.78 is 5.33. The first-order valence-corrected chi connectivity index (χ1v) is 8.91. The first kappa shape index (κ1) is 18.7. The van der Waals surface area contributed by atoms with Gasteiger partial charge in [-0.05, 0) is 42.3 Å². The van der Waals surface area contributed by atoms with Crippen molar-refractivity contribution >= 4 is 28.9 Å². The van der Waals surface area contributed by atoms with Gasteiger partial charge in [-0.1, -0.05) is 35.9 Å². The SMILES string of the molecule is COc1ccccc1Nc1cncc(C(=O)NCCc2cccc(Cl)c2)c1. The Labute approximate surface area is 163 Å². The predicted octanol–water partition coefficient (Wildman–Crippen LogP) is 4.46. The van der Waals surface area contributed by atoms with E-state index < -0.39 is 0 Å². The molecule has 1 aromatic heterocycles. The Bertz CT molecular complexity index is 931. The number of rotatable bonds is 7. The van der Waals surface area contributed by atoms with Gasteiger partial charge in [-0.15, -0.1) is 0 Å². The zero-order chi connectivity index (χ0) is 19.1. The van der Waals surface area contributed by atoms with Crippen molar-refractivity contribution in [2.45, 2.75) is 6.42 Å². The van der Waals surface area contributed by atoms with E-state index in [-0.39, 0.29) is 5.91 Å². The van der Waals surface area contributed by atoms with Crippen LogP contribution in [0.3, 0.4) is 0 Å². The van der Waals surface area contributed by atoms with Crippen LogP contribution in [-0.2, 0) is 6.42 Å². The summed E-state index contributed by atoms with van der Waals surface area (Å²) in [7, 11) is 1.61. The quantitative estimate of drug-likeness (QED) is 0.634. The smallest absolute Gasteiger partial charge is 0.252 e. The molecule has 138 valence electrons. The molecule has 2 aromatic carbocycles. The van der Waals surface area contributed by atoms with Gasteiger partial charge >= 0.3 is 0 Å². The highest BCUT2D eigenvalue weighted by atomic mass is 35.5. The van der Waals surface area contributed by atoms with Crippen LogP contribution in [0.5, 0.6) is 5.75 Å². The van der Waals surface area contributed by atoms with Crippen LogP contribution in [0.2, 0.25) is 5.02 Å². The summed E-state index contributed by atoms with van der Waals surface area (Å²) in [4.78, 5) is 16.6. The van der Waals surface area contributed by atoms with Crippen molar-refractivity contribution in [2.75, 3.05) is 19.0 Å². The highest BCUT2D eigenvalue weighted by Gasteiger charge is 2.08. The number of hydrogen-bond donors (Lipinski definition) is 2. The summed E-state index contributed by atoms with van der Waals surface area (Å²) >= 11 is 5.98. The van der Waals surface area contributed by atoms with E-state index in [1.54, 1.807) is 25.6 Å². The number of amides is 1. The molecule has 2 N–H and O–H groups in total. The summed E-state index contributed by atoms with van der Waals surface area (Å²) in [6, 6.07) is 16.9. The average molecular weight is 382 g/mol. The molecule has 5 nitrogen and oxygen atoms in total. The van der Waals surface area contributed by atoms with Crippen LogP contribution in [0.25, 0.3) is 0 Å². The number of halogens is 1. The van der Waals surface area contributed by atoms with Gasteiger partial charge in [0.2, 0.25) is 0 Å². The minimum Gasteiger partial charge on any atom is -0.495 e. The molecule has 27 heavy (non-hydrogen) atoms. The maximum Gasteiger partial charge on any atom is 0.252 e. The normalized spacial score (nSPS) is 10.3. The van der Waals surface area contributed by atoms with E-state index in [0.717, 1.165) is 11.3 Å². The molecule has 0 atom stereocenters. The number of nitrogens with one attached hydrogen (secondary N) is 2. The lowest BCUT2D eigenvalue weighted by atomic mass is 10.1. The second-order valence-electron chi connectivity index (χ2n) is 5.92. The Kier molecular flexibility index (Phi) is 6.28. The van der Waals surface area contributed by atoms with Crippen molar-refractivity contribution < 1.29 is 9.53 Å². The molecule has 0 saturated heterocycles. The fourth-order valence-corrected chi connectivity index (χ4v) is 2.86. The molecule has 0 spiro atoms. The molecule has 0 aliphatic heterocycles. The molecule has 0 fully saturated rings. The number of ether oxygens (including phenoxy) is 1. The summed E-state index contributed by atoms with van der Waals surface area (Å²) in [6.45, 7) is 0.517. The third kappa shape index (κ3) is 5.21. The molecule has 0 aliphatic rings. The zero-order valence-corrected chi connectivity index (χ0v) is 15.7. The standard InChI is InChI=1S/C21H20ClN3O2/c1-27-20-8-3-2-7-19(20)25-18-12-16(13-23-14-18)21(26)24-10-9-15-5-4-6-17(22)11-15/h2-8,11-14,25H,9-10H2,1H3,(H,24,26). The third-order valence-electron chi connectivity index (χ3n) is 3.97. The van der Waals surface area contributed by atoms with Gasteiger partial charge in [0.1, 0.15) is 5.75 Å². The van der Waals surface area contributed by atoms with Crippen molar-refractivity contribution in [1.82, 2.24) is 10.3 Å². The maximum absolute atomic E-state index is 12.4. The summed E-state index contributed by atoms with van der Waals surface area (Å²) in [5.74, 6) is 0.544. The first-order valence-electron chi connectivity index (χ1n) is 8.53. The Morgan fingerprint density at radius 2 is 1.96 bits per heavy atom. The summed E-state index contributed by atoms with van der Waals surface area (Å²) in [6.07, 6.45) is 3.91. The van der Waals surface area contributed by atoms with E-state index in [2.05, 4.69) is 15.6 Å². The van der Waals surface area contributed by atoms with Gasteiger partial charge in [0.15, 0.2) is 0 Å². The summed E-state index contributed by atoms with van der Waals surface area (Å²) in [5.41, 5.74) is 3.08. The van der Waals surface area contributed by atoms with Crippen LogP contribution in [0.4, 0.5) is 11.4 Å². The van der Waals surface area contributed by atoms with Crippen molar-refractivity contribution in [3.8, 4) is 5.75 Å². The molecule has 1 amide bonds. The van der Waals surface area contributed by atoms with Crippen LogP contribution in [0.1, 0.15) is 15.9 Å². The molecule has 0 aliphatic carbocycles. The van der Waals surface area contributed by atoms with E-state index in [4.69, 9.17) is 16.3 Å². The fourth-order valence-electron chi connectivity index (χ4n) is 2.65. The van der Waals surface area contributed by atoms with Crippen LogP contribution < -0.4 is 15.4 Å². The van der Waals surface area contributed by atoms with Gasteiger partial charge in [0, 0.05) is 17.8 Å². The molecule has 1 heterocycles. The number of pyridine rings is 1. The molecular weight excluding hydrogens is 362 g/mol. The van der Waals surface area contributed by atoms with Gasteiger partial charge in [0.05, 0.1) is 30.2 Å². The number of benzene rings is 2. The molecule has 3 rings (SSSR count). The Balaban J connectivity index is 1.61. The molecule has 0 saturated carbocycles. The van der Waals surface area contributed by atoms with Crippen LogP contribution >= 0.6 is 11.6 Å². The number of carbonyl (C=O) groups excluding carboxylic acids is 1. The Morgan fingerprint density at radius 3 is 2.78 bits per heavy atom. The summed E-state index contributed by atoms with van der Waals surface area (Å²) in [5, 5.41) is 6.82. The lowest BCUT2D eigenvalue weighted by molar-refractivity contribution is 0.0954. The Hall–Kier alpha value is -3.05. The Morgan fingerprint density at radius 1 is 1.11 bits per heavy atom. The maximum atomic E-state index is 12.4. The van der Waals surface area contributed by atoms with Gasteiger partial charge in [-0.2, -0.15) is 0 Å². The predicted molar refractivity (Wildman–Crippen MR) is 108 cm³/mol. The number of nitrogens with zero attached hydrogens (tertiary/aromatic N) is 1. The van der Waals surface area contributed by atoms with Crippen molar-refractivity contribution in [1.29, 1.82) is 0 Å². The van der Waals surface area contributed by atoms with Gasteiger partial charge < -0.3 is 15.4 Å². The van der Waals surface area contributed by atoms with Crippen LogP contribution in [0, 0.1) is 0 Å². The minimum absolute atomic E-state index is 0.173. The second-order valence-corrected chi connectivity index (χ2v) is 6.36. The molecule has 0 radical (unpaired) electrons. The second kappa shape index (κ2) is 9.05. The molecular formula is C21H20ClN3O2. The van der Waals surface area contributed by atoms with Crippen LogP contribution in [-0.4, -0.2) is 24.5 Å². The molecule has 0 bridgehead atoms. The molecule has 0 unspecified atom stereocenters. The number of para-hydroxylation sites is 2. The highest BCUT2D eigenvalue weighted by Crippen LogP contribution is 2.26. The topological polar surface area (TPSA) is 63.2 Å². The van der Waals surface area contributed by atoms with E-state index in [9.17, 15) is 4.79 Å². The van der Waals surface area contributed by atoms with Crippen LogP contribution in [0.15, 0.2) is 67.0 Å². The van der Waals surface area contributed by atoms with Crippen molar-refractivity contribution in [2.24, 2.45) is 0 Å². The van der Waals surface area contributed by atoms with E-state index in [1.165, 1.54) is 0 Å². The number of carbonyl (C=O) groups is 1. The largest absolute Gasteiger partial charge is 0.495 e. The number of hydrogen-bond acceptors (Lipinski definition) is 4. The number of anilines is 2. The minimum atomic E-state index is -0.173. The number of aromatic nitrogens is 1. The highest BCUT2D eigenvalue weighted by molar-refractivity contribution is 6.30. The van der Waals surface area contributed by atoms with Crippen molar-refractivity contribution in [3.05, 3.63) is 83.1 Å². The average Bonchev–Trinajstić information content (AvgIpc) is 2.68. The fraction of sp³-hybridized carbons (Fsp3) is 0.143. The van der Waals surface area contributed by atoms with Gasteiger partial charge in [-0.25, -0.2) is 0 Å². The lowest BCUT2D eigenvalue weighted by Crippen LogP contribution is -2.25. The third-order valence-corrected chi connectivity index (χ3v) is 4.21. The van der Waals surface area contributed by atoms with Crippen molar-refractivity contribution in [3.63, 3.8) is 0 Å². The van der Waals surface area contributed by atoms with Gasteiger partial charge in [-0.3, -0.25) is 9.78 Å². The molecule has 6 heteroatoms. The van der Waals surface area contributed by atoms with E-state index in [0.29, 0.717) is 35.0 Å². The lowest BCUT2D eigenvalue weighted by Gasteiger charge is -2.11. The monoisotopic (exact) mass is 381 g/mol. The van der Waals surface area contributed by atoms with E-state index >= 15 is 0 Å². The van der Waals surface area contributed by atoms with E-state index in [1.807, 2.05) is 48.5 Å². The van der Waals surface area contributed by atoms with Gasteiger partial charge in [0.25, 0.3) is 5.91 Å². The molecule has 3 aromatic rings.